The fraction of sp³-hybridized carbons (Fsp3) is 0.292. The minimum atomic E-state index is -3.76. The summed E-state index contributed by atoms with van der Waals surface area (Å²) in [5, 5.41) is 5.18. The zero-order valence-electron chi connectivity index (χ0n) is 19.2. The monoisotopic (exact) mass is 471 g/mol. The van der Waals surface area contributed by atoms with Gasteiger partial charge in [0.2, 0.25) is 10.0 Å². The molecule has 2 aromatic carbocycles. The maximum Gasteiger partial charge on any atom is 0.238 e. The summed E-state index contributed by atoms with van der Waals surface area (Å²) in [7, 11) is -0.267. The van der Waals surface area contributed by atoms with Crippen LogP contribution >= 0.6 is 0 Å². The zero-order chi connectivity index (χ0) is 24.2. The van der Waals surface area contributed by atoms with Gasteiger partial charge in [-0.15, -0.1) is 0 Å². The van der Waals surface area contributed by atoms with E-state index in [4.69, 9.17) is 14.6 Å². The van der Waals surface area contributed by atoms with Gasteiger partial charge >= 0.3 is 0 Å². The summed E-state index contributed by atoms with van der Waals surface area (Å²) >= 11 is 0. The number of benzene rings is 2. The molecule has 0 fully saturated rings. The molecule has 0 aliphatic heterocycles. The van der Waals surface area contributed by atoms with Crippen molar-refractivity contribution in [1.29, 1.82) is 0 Å². The number of aromatic nitrogens is 1. The van der Waals surface area contributed by atoms with Crippen LogP contribution in [0.4, 0.5) is 0 Å². The second-order valence-electron chi connectivity index (χ2n) is 7.84. The van der Waals surface area contributed by atoms with Gasteiger partial charge in [-0.25, -0.2) is 13.6 Å². The van der Waals surface area contributed by atoms with Crippen LogP contribution in [0.15, 0.2) is 59.5 Å². The van der Waals surface area contributed by atoms with E-state index in [9.17, 15) is 13.2 Å². The molecular weight excluding hydrogens is 442 g/mol. The lowest BCUT2D eigenvalue weighted by atomic mass is 10.1. The second-order valence-corrected chi connectivity index (χ2v) is 9.41. The van der Waals surface area contributed by atoms with Crippen molar-refractivity contribution in [3.8, 4) is 17.2 Å². The third-order valence-electron chi connectivity index (χ3n) is 5.37. The molecular formula is C24H29N3O5S. The van der Waals surface area contributed by atoms with Crippen LogP contribution in [0.1, 0.15) is 21.7 Å². The van der Waals surface area contributed by atoms with E-state index in [0.717, 1.165) is 28.6 Å². The Morgan fingerprint density at radius 2 is 1.64 bits per heavy atom. The molecule has 0 saturated carbocycles. The Hall–Kier alpha value is -3.14. The van der Waals surface area contributed by atoms with Gasteiger partial charge in [0.15, 0.2) is 5.78 Å². The van der Waals surface area contributed by atoms with Crippen molar-refractivity contribution in [3.63, 3.8) is 0 Å². The van der Waals surface area contributed by atoms with Crippen molar-refractivity contribution >= 4 is 15.8 Å². The van der Waals surface area contributed by atoms with Gasteiger partial charge in [0.1, 0.15) is 18.1 Å². The van der Waals surface area contributed by atoms with Gasteiger partial charge < -0.3 is 14.0 Å². The minimum absolute atomic E-state index is 0.00227. The summed E-state index contributed by atoms with van der Waals surface area (Å²) in [6.45, 7) is 5.07. The molecule has 2 N–H and O–H groups in total. The predicted molar refractivity (Wildman–Crippen MR) is 127 cm³/mol. The van der Waals surface area contributed by atoms with Crippen LogP contribution in [0.25, 0.3) is 5.69 Å². The van der Waals surface area contributed by atoms with Crippen molar-refractivity contribution in [2.45, 2.75) is 18.7 Å². The summed E-state index contributed by atoms with van der Waals surface area (Å²) in [4.78, 5) is 14.9. The molecule has 1 aromatic heterocycles. The average molecular weight is 472 g/mol. The number of ether oxygens (including phenoxy) is 2. The maximum atomic E-state index is 13.0. The van der Waals surface area contributed by atoms with Crippen molar-refractivity contribution in [2.24, 2.45) is 5.14 Å². The predicted octanol–water partition coefficient (Wildman–Crippen LogP) is 2.94. The van der Waals surface area contributed by atoms with Crippen molar-refractivity contribution < 1.29 is 22.7 Å². The number of likely N-dealkylation sites (N-methyl/N-ethyl adjacent to an activating group) is 1. The van der Waals surface area contributed by atoms with E-state index >= 15 is 0 Å². The number of sulfonamides is 1. The maximum absolute atomic E-state index is 13.0. The van der Waals surface area contributed by atoms with Crippen LogP contribution in [0.3, 0.4) is 0 Å². The first-order valence-corrected chi connectivity index (χ1v) is 12.0. The molecule has 0 radical (unpaired) electrons. The summed E-state index contributed by atoms with van der Waals surface area (Å²) in [6.07, 6.45) is 0. The van der Waals surface area contributed by atoms with E-state index in [-0.39, 0.29) is 17.2 Å². The lowest BCUT2D eigenvalue weighted by Gasteiger charge is -2.16. The first kappa shape index (κ1) is 24.5. The topological polar surface area (TPSA) is 104 Å². The third kappa shape index (κ3) is 6.01. The number of ketones is 1. The Bertz CT molecular complexity index is 1220. The molecule has 3 aromatic rings. The molecule has 8 nitrogen and oxygen atoms in total. The fourth-order valence-corrected chi connectivity index (χ4v) is 4.14. The number of carbonyl (C=O) groups is 1. The first-order chi connectivity index (χ1) is 15.6. The number of methoxy groups -OCH3 is 1. The molecule has 0 spiro atoms. The fourth-order valence-electron chi connectivity index (χ4n) is 3.63. The molecule has 0 aliphatic carbocycles. The summed E-state index contributed by atoms with van der Waals surface area (Å²) in [5.74, 6) is 1.51. The van der Waals surface area contributed by atoms with E-state index in [1.54, 1.807) is 19.2 Å². The number of nitrogens with two attached hydrogens (primary N) is 1. The van der Waals surface area contributed by atoms with Crippen LogP contribution in [0, 0.1) is 13.8 Å². The molecule has 0 bridgehead atoms. The normalized spacial score (nSPS) is 11.6. The Morgan fingerprint density at radius 3 is 2.21 bits per heavy atom. The molecule has 0 saturated heterocycles. The summed E-state index contributed by atoms with van der Waals surface area (Å²) in [6, 6.07) is 15.5. The number of aryl methyl sites for hydroxylation is 1. The number of nitrogens with zero attached hydrogens (tertiary/aromatic N) is 2. The SMILES string of the molecule is COc1ccc(OCCN(C)CC(=O)c2cc(C)n(-c3ccc(S(N)(=O)=O)cc3)c2C)cc1. The van der Waals surface area contributed by atoms with Gasteiger partial charge in [0.05, 0.1) is 18.6 Å². The van der Waals surface area contributed by atoms with Crippen LogP contribution in [0.5, 0.6) is 11.5 Å². The average Bonchev–Trinajstić information content (AvgIpc) is 3.07. The number of primary sulfonamides is 1. The third-order valence-corrected chi connectivity index (χ3v) is 6.30. The summed E-state index contributed by atoms with van der Waals surface area (Å²) in [5.41, 5.74) is 3.07. The largest absolute Gasteiger partial charge is 0.497 e. The van der Waals surface area contributed by atoms with Crippen molar-refractivity contribution in [1.82, 2.24) is 9.47 Å². The second kappa shape index (κ2) is 10.2. The Morgan fingerprint density at radius 1 is 1.03 bits per heavy atom. The highest BCUT2D eigenvalue weighted by atomic mass is 32.2. The first-order valence-electron chi connectivity index (χ1n) is 10.4. The number of carbonyl (C=O) groups excluding carboxylic acids is 1. The Kier molecular flexibility index (Phi) is 7.57. The standard InChI is InChI=1S/C24H29N3O5S/c1-17-15-23(18(2)27(17)19-5-11-22(12-6-19)33(25,29)30)24(28)16-26(3)13-14-32-21-9-7-20(31-4)8-10-21/h5-12,15H,13-14,16H2,1-4H3,(H2,25,29,30). The van der Waals surface area contributed by atoms with Crippen LogP contribution in [-0.4, -0.2) is 57.5 Å². The molecule has 0 atom stereocenters. The van der Waals surface area contributed by atoms with Gasteiger partial charge in [-0.05, 0) is 75.5 Å². The molecule has 33 heavy (non-hydrogen) atoms. The molecule has 176 valence electrons. The van der Waals surface area contributed by atoms with E-state index in [0.29, 0.717) is 18.7 Å². The smallest absolute Gasteiger partial charge is 0.238 e. The number of rotatable bonds is 10. The molecule has 0 aliphatic rings. The van der Waals surface area contributed by atoms with Crippen LogP contribution < -0.4 is 14.6 Å². The van der Waals surface area contributed by atoms with Gasteiger partial charge in [0.25, 0.3) is 0 Å². The van der Waals surface area contributed by atoms with Crippen LogP contribution in [0.2, 0.25) is 0 Å². The molecule has 9 heteroatoms. The molecule has 1 heterocycles. The van der Waals surface area contributed by atoms with Gasteiger partial charge in [-0.1, -0.05) is 0 Å². The number of Topliss-reactive ketones (excluding diaryl/α,β-unsaturated/α-hetero) is 1. The lowest BCUT2D eigenvalue weighted by molar-refractivity contribution is 0.0937. The zero-order valence-corrected chi connectivity index (χ0v) is 20.1. The number of hydrogen-bond acceptors (Lipinski definition) is 6. The Labute approximate surface area is 194 Å². The Balaban J connectivity index is 1.63. The molecule has 3 rings (SSSR count). The van der Waals surface area contributed by atoms with Crippen molar-refractivity contribution in [2.75, 3.05) is 33.9 Å². The minimum Gasteiger partial charge on any atom is -0.497 e. The van der Waals surface area contributed by atoms with E-state index in [1.807, 2.05) is 60.7 Å². The van der Waals surface area contributed by atoms with E-state index < -0.39 is 10.0 Å². The van der Waals surface area contributed by atoms with Gasteiger partial charge in [0, 0.05) is 29.2 Å². The molecule has 0 unspecified atom stereocenters. The van der Waals surface area contributed by atoms with E-state index in [2.05, 4.69) is 0 Å². The lowest BCUT2D eigenvalue weighted by Crippen LogP contribution is -2.30. The molecule has 0 amide bonds. The van der Waals surface area contributed by atoms with Gasteiger partial charge in [-0.2, -0.15) is 0 Å². The highest BCUT2D eigenvalue weighted by Crippen LogP contribution is 2.23. The van der Waals surface area contributed by atoms with Crippen molar-refractivity contribution in [3.05, 3.63) is 71.5 Å². The van der Waals surface area contributed by atoms with Crippen LogP contribution in [-0.2, 0) is 10.0 Å². The quantitative estimate of drug-likeness (QED) is 0.456. The highest BCUT2D eigenvalue weighted by Gasteiger charge is 2.18. The summed E-state index contributed by atoms with van der Waals surface area (Å²) < 4.78 is 35.8. The highest BCUT2D eigenvalue weighted by molar-refractivity contribution is 7.89. The van der Waals surface area contributed by atoms with Gasteiger partial charge in [-0.3, -0.25) is 9.69 Å². The van der Waals surface area contributed by atoms with E-state index in [1.165, 1.54) is 12.1 Å². The number of hydrogen-bond donors (Lipinski definition) is 1.